The fourth-order valence-electron chi connectivity index (χ4n) is 4.26. The van der Waals surface area contributed by atoms with Crippen molar-refractivity contribution in [2.24, 2.45) is 0 Å². The van der Waals surface area contributed by atoms with Gasteiger partial charge in [-0.25, -0.2) is 0 Å². The van der Waals surface area contributed by atoms with Gasteiger partial charge in [-0.1, -0.05) is 0 Å². The molecule has 25 heavy (non-hydrogen) atoms. The van der Waals surface area contributed by atoms with E-state index in [1.165, 1.54) is 5.56 Å². The molecule has 2 saturated heterocycles. The molecule has 2 fully saturated rings. The van der Waals surface area contributed by atoms with Gasteiger partial charge in [0.05, 0.1) is 24.9 Å². The second-order valence-electron chi connectivity index (χ2n) is 7.07. The lowest BCUT2D eigenvalue weighted by Gasteiger charge is -2.39. The molecule has 0 aliphatic carbocycles. The van der Waals surface area contributed by atoms with Gasteiger partial charge in [0, 0.05) is 22.8 Å². The van der Waals surface area contributed by atoms with Crippen molar-refractivity contribution in [1.29, 1.82) is 0 Å². The van der Waals surface area contributed by atoms with Crippen LogP contribution >= 0.6 is 15.9 Å². The molecule has 0 N–H and O–H groups in total. The molecule has 1 amide bonds. The van der Waals surface area contributed by atoms with Crippen molar-refractivity contribution >= 4 is 21.8 Å². The molecule has 2 atom stereocenters. The molecule has 2 aliphatic heterocycles. The Bertz CT molecular complexity index is 790. The maximum atomic E-state index is 13.2. The highest BCUT2D eigenvalue weighted by atomic mass is 79.9. The normalized spacial score (nSPS) is 25.2. The number of rotatable bonds is 3. The third-order valence-electron chi connectivity index (χ3n) is 5.45. The molecule has 0 radical (unpaired) electrons. The highest BCUT2D eigenvalue weighted by molar-refractivity contribution is 9.10. The highest BCUT2D eigenvalue weighted by Crippen LogP contribution is 2.42. The molecule has 2 aliphatic rings. The lowest BCUT2D eigenvalue weighted by molar-refractivity contribution is 0.0523. The molecule has 2 unspecified atom stereocenters. The van der Waals surface area contributed by atoms with E-state index in [0.29, 0.717) is 29.4 Å². The van der Waals surface area contributed by atoms with Crippen LogP contribution in [0.15, 0.2) is 35.1 Å². The SMILES string of the molecule is COc1ccc(Br)c(C(=O)N2C3CCC2CC(n2cc(C)cn2)C3)c1. The van der Waals surface area contributed by atoms with Crippen molar-refractivity contribution in [1.82, 2.24) is 14.7 Å². The number of hydrogen-bond acceptors (Lipinski definition) is 3. The summed E-state index contributed by atoms with van der Waals surface area (Å²) in [6, 6.07) is 6.55. The van der Waals surface area contributed by atoms with E-state index in [9.17, 15) is 4.79 Å². The second-order valence-corrected chi connectivity index (χ2v) is 7.92. The number of aromatic nitrogens is 2. The number of hydrogen-bond donors (Lipinski definition) is 0. The van der Waals surface area contributed by atoms with Crippen molar-refractivity contribution in [3.8, 4) is 5.75 Å². The topological polar surface area (TPSA) is 47.4 Å². The van der Waals surface area contributed by atoms with Crippen LogP contribution in [0.5, 0.6) is 5.75 Å². The Morgan fingerprint density at radius 2 is 1.96 bits per heavy atom. The summed E-state index contributed by atoms with van der Waals surface area (Å²) in [6.07, 6.45) is 8.13. The van der Waals surface area contributed by atoms with Crippen LogP contribution < -0.4 is 4.74 Å². The average molecular weight is 404 g/mol. The van der Waals surface area contributed by atoms with Gasteiger partial charge in [-0.05, 0) is 72.3 Å². The minimum Gasteiger partial charge on any atom is -0.497 e. The van der Waals surface area contributed by atoms with Crippen LogP contribution in [0.4, 0.5) is 0 Å². The Morgan fingerprint density at radius 3 is 2.56 bits per heavy atom. The van der Waals surface area contributed by atoms with Crippen LogP contribution in [0, 0.1) is 6.92 Å². The molecule has 1 aromatic heterocycles. The third kappa shape index (κ3) is 2.97. The van der Waals surface area contributed by atoms with E-state index in [-0.39, 0.29) is 5.91 Å². The summed E-state index contributed by atoms with van der Waals surface area (Å²) in [5, 5.41) is 4.49. The number of methoxy groups -OCH3 is 1. The van der Waals surface area contributed by atoms with Gasteiger partial charge in [0.1, 0.15) is 5.75 Å². The smallest absolute Gasteiger partial charge is 0.255 e. The Balaban J connectivity index is 1.58. The number of piperidine rings is 1. The quantitative estimate of drug-likeness (QED) is 0.778. The van der Waals surface area contributed by atoms with Crippen molar-refractivity contribution in [2.45, 2.75) is 50.7 Å². The zero-order valence-corrected chi connectivity index (χ0v) is 16.1. The molecule has 0 spiro atoms. The first-order valence-corrected chi connectivity index (χ1v) is 9.53. The van der Waals surface area contributed by atoms with E-state index in [0.717, 1.165) is 30.2 Å². The van der Waals surface area contributed by atoms with Crippen molar-refractivity contribution in [2.75, 3.05) is 7.11 Å². The highest BCUT2D eigenvalue weighted by Gasteiger charge is 2.44. The Kier molecular flexibility index (Phi) is 4.31. The average Bonchev–Trinajstić information content (AvgIpc) is 3.15. The molecule has 2 aromatic rings. The summed E-state index contributed by atoms with van der Waals surface area (Å²) in [6.45, 7) is 2.07. The first-order chi connectivity index (χ1) is 12.1. The first kappa shape index (κ1) is 16.6. The summed E-state index contributed by atoms with van der Waals surface area (Å²) in [4.78, 5) is 15.3. The molecule has 2 bridgehead atoms. The van der Waals surface area contributed by atoms with E-state index >= 15 is 0 Å². The minimum atomic E-state index is 0.105. The number of nitrogens with zero attached hydrogens (tertiary/aromatic N) is 3. The van der Waals surface area contributed by atoms with Gasteiger partial charge in [0.2, 0.25) is 0 Å². The number of aryl methyl sites for hydroxylation is 1. The monoisotopic (exact) mass is 403 g/mol. The van der Waals surface area contributed by atoms with Gasteiger partial charge in [0.15, 0.2) is 0 Å². The fraction of sp³-hybridized carbons (Fsp3) is 0.474. The van der Waals surface area contributed by atoms with E-state index in [2.05, 4.69) is 43.7 Å². The van der Waals surface area contributed by atoms with E-state index in [1.54, 1.807) is 7.11 Å². The molecule has 1 aromatic carbocycles. The molecular formula is C19H22BrN3O2. The Labute approximate surface area is 156 Å². The Morgan fingerprint density at radius 1 is 1.24 bits per heavy atom. The molecule has 4 rings (SSSR count). The van der Waals surface area contributed by atoms with Crippen molar-refractivity contribution in [3.05, 3.63) is 46.2 Å². The maximum Gasteiger partial charge on any atom is 0.255 e. The first-order valence-electron chi connectivity index (χ1n) is 8.73. The number of amides is 1. The standard InChI is InChI=1S/C19H22BrN3O2/c1-12-10-21-22(11-12)15-7-13-3-4-14(8-15)23(13)19(24)17-9-16(25-2)5-6-18(17)20/h5-6,9-11,13-15H,3-4,7-8H2,1-2H3. The number of carbonyl (C=O) groups excluding carboxylic acids is 1. The molecular weight excluding hydrogens is 382 g/mol. The van der Waals surface area contributed by atoms with Crippen LogP contribution in [0.1, 0.15) is 47.6 Å². The number of ether oxygens (including phenoxy) is 1. The van der Waals surface area contributed by atoms with Crippen molar-refractivity contribution < 1.29 is 9.53 Å². The largest absolute Gasteiger partial charge is 0.497 e. The van der Waals surface area contributed by atoms with Crippen LogP contribution in [0.25, 0.3) is 0 Å². The van der Waals surface area contributed by atoms with E-state index in [4.69, 9.17) is 4.74 Å². The zero-order chi connectivity index (χ0) is 17.6. The number of fused-ring (bicyclic) bond motifs is 2. The molecule has 3 heterocycles. The Hall–Kier alpha value is -1.82. The van der Waals surface area contributed by atoms with Gasteiger partial charge in [-0.2, -0.15) is 5.10 Å². The van der Waals surface area contributed by atoms with Gasteiger partial charge in [-0.15, -0.1) is 0 Å². The van der Waals surface area contributed by atoms with Gasteiger partial charge in [-0.3, -0.25) is 9.48 Å². The van der Waals surface area contributed by atoms with Crippen LogP contribution in [0.2, 0.25) is 0 Å². The lowest BCUT2D eigenvalue weighted by Crippen LogP contribution is -2.47. The summed E-state index contributed by atoms with van der Waals surface area (Å²) in [7, 11) is 1.62. The fourth-order valence-corrected chi connectivity index (χ4v) is 4.68. The lowest BCUT2D eigenvalue weighted by atomic mass is 9.96. The van der Waals surface area contributed by atoms with Gasteiger partial charge < -0.3 is 9.64 Å². The molecule has 132 valence electrons. The second kappa shape index (κ2) is 6.48. The van der Waals surface area contributed by atoms with E-state index < -0.39 is 0 Å². The summed E-state index contributed by atoms with van der Waals surface area (Å²) >= 11 is 3.52. The van der Waals surface area contributed by atoms with Crippen LogP contribution in [-0.4, -0.2) is 39.8 Å². The minimum absolute atomic E-state index is 0.105. The third-order valence-corrected chi connectivity index (χ3v) is 6.14. The molecule has 0 saturated carbocycles. The number of carbonyl (C=O) groups is 1. The molecule has 6 heteroatoms. The predicted molar refractivity (Wildman–Crippen MR) is 98.9 cm³/mol. The predicted octanol–water partition coefficient (Wildman–Crippen LogP) is 3.97. The maximum absolute atomic E-state index is 13.2. The number of halogens is 1. The van der Waals surface area contributed by atoms with Crippen LogP contribution in [-0.2, 0) is 0 Å². The van der Waals surface area contributed by atoms with Crippen LogP contribution in [0.3, 0.4) is 0 Å². The molecule has 5 nitrogen and oxygen atoms in total. The van der Waals surface area contributed by atoms with E-state index in [1.807, 2.05) is 24.4 Å². The summed E-state index contributed by atoms with van der Waals surface area (Å²) < 4.78 is 8.20. The van der Waals surface area contributed by atoms with Crippen molar-refractivity contribution in [3.63, 3.8) is 0 Å². The summed E-state index contributed by atoms with van der Waals surface area (Å²) in [5.41, 5.74) is 1.87. The van der Waals surface area contributed by atoms with Gasteiger partial charge >= 0.3 is 0 Å². The summed E-state index contributed by atoms with van der Waals surface area (Å²) in [5.74, 6) is 0.814. The zero-order valence-electron chi connectivity index (χ0n) is 14.5. The van der Waals surface area contributed by atoms with Gasteiger partial charge in [0.25, 0.3) is 5.91 Å². The number of benzene rings is 1.